The van der Waals surface area contributed by atoms with Gasteiger partial charge in [-0.2, -0.15) is 4.31 Å². The average molecular weight is 491 g/mol. The maximum absolute atomic E-state index is 12.9. The predicted octanol–water partition coefficient (Wildman–Crippen LogP) is 1.57. The summed E-state index contributed by atoms with van der Waals surface area (Å²) in [7, 11) is -7.71. The number of H-pyrrole nitrogens is 1. The van der Waals surface area contributed by atoms with Gasteiger partial charge in [0, 0.05) is 36.1 Å². The van der Waals surface area contributed by atoms with Gasteiger partial charge in [-0.25, -0.2) is 21.8 Å². The zero-order chi connectivity index (χ0) is 23.6. The van der Waals surface area contributed by atoms with Crippen LogP contribution in [0.25, 0.3) is 11.4 Å². The molecule has 0 unspecified atom stereocenters. The average Bonchev–Trinajstić information content (AvgIpc) is 2.79. The van der Waals surface area contributed by atoms with Gasteiger partial charge in [0.15, 0.2) is 0 Å². The third-order valence-corrected chi connectivity index (χ3v) is 8.31. The summed E-state index contributed by atoms with van der Waals surface area (Å²) >= 11 is 0. The van der Waals surface area contributed by atoms with E-state index in [4.69, 9.17) is 4.74 Å². The topological polar surface area (TPSA) is 139 Å². The predicted molar refractivity (Wildman–Crippen MR) is 122 cm³/mol. The normalized spacial score (nSPS) is 15.3. The highest BCUT2D eigenvalue weighted by Gasteiger charge is 2.27. The Morgan fingerprint density at radius 3 is 2.30 bits per heavy atom. The number of anilines is 1. The number of nitrogens with zero attached hydrogens (tertiary/aromatic N) is 2. The molecule has 1 aliphatic heterocycles. The van der Waals surface area contributed by atoms with E-state index in [1.165, 1.54) is 34.6 Å². The number of aryl methyl sites for hydroxylation is 1. The van der Waals surface area contributed by atoms with Crippen molar-refractivity contribution in [3.8, 4) is 11.4 Å². The first kappa shape index (κ1) is 23.1. The van der Waals surface area contributed by atoms with Crippen LogP contribution in [0.2, 0.25) is 0 Å². The summed E-state index contributed by atoms with van der Waals surface area (Å²) in [6, 6.07) is 12.8. The Morgan fingerprint density at radius 2 is 1.64 bits per heavy atom. The van der Waals surface area contributed by atoms with Gasteiger partial charge in [-0.1, -0.05) is 12.1 Å². The van der Waals surface area contributed by atoms with Gasteiger partial charge < -0.3 is 9.72 Å². The first-order valence-corrected chi connectivity index (χ1v) is 13.0. The zero-order valence-corrected chi connectivity index (χ0v) is 19.3. The summed E-state index contributed by atoms with van der Waals surface area (Å²) in [4.78, 5) is 18.5. The second kappa shape index (κ2) is 9.06. The van der Waals surface area contributed by atoms with Crippen LogP contribution >= 0.6 is 0 Å². The minimum absolute atomic E-state index is 0.0137. The number of hydrogen-bond donors (Lipinski definition) is 2. The van der Waals surface area contributed by atoms with Gasteiger partial charge in [0.05, 0.1) is 23.0 Å². The number of hydrogen-bond acceptors (Lipinski definition) is 7. The van der Waals surface area contributed by atoms with E-state index in [0.29, 0.717) is 30.3 Å². The summed E-state index contributed by atoms with van der Waals surface area (Å²) in [6.45, 7) is 2.83. The van der Waals surface area contributed by atoms with E-state index < -0.39 is 20.0 Å². The van der Waals surface area contributed by atoms with Crippen LogP contribution in [-0.2, 0) is 24.8 Å². The van der Waals surface area contributed by atoms with Crippen molar-refractivity contribution in [3.63, 3.8) is 0 Å². The van der Waals surface area contributed by atoms with Gasteiger partial charge >= 0.3 is 0 Å². The lowest BCUT2D eigenvalue weighted by Crippen LogP contribution is -2.40. The summed E-state index contributed by atoms with van der Waals surface area (Å²) in [5.41, 5.74) is 1.02. The summed E-state index contributed by atoms with van der Waals surface area (Å²) in [5, 5.41) is 0. The molecule has 1 aliphatic rings. The Morgan fingerprint density at radius 1 is 0.970 bits per heavy atom. The van der Waals surface area contributed by atoms with Crippen LogP contribution in [0.3, 0.4) is 0 Å². The van der Waals surface area contributed by atoms with Gasteiger partial charge in [0.2, 0.25) is 10.0 Å². The molecule has 12 heteroatoms. The molecule has 4 rings (SSSR count). The van der Waals surface area contributed by atoms with Crippen molar-refractivity contribution in [1.82, 2.24) is 14.3 Å². The molecule has 0 aliphatic carbocycles. The molecule has 2 heterocycles. The summed E-state index contributed by atoms with van der Waals surface area (Å²) in [5.74, 6) is 0.318. The van der Waals surface area contributed by atoms with Crippen molar-refractivity contribution >= 4 is 25.7 Å². The van der Waals surface area contributed by atoms with Crippen molar-refractivity contribution in [1.29, 1.82) is 0 Å². The lowest BCUT2D eigenvalue weighted by Gasteiger charge is -2.26. The number of aromatic nitrogens is 2. The zero-order valence-electron chi connectivity index (χ0n) is 17.7. The minimum Gasteiger partial charge on any atom is -0.379 e. The molecule has 1 fully saturated rings. The number of nitrogens with one attached hydrogen (secondary N) is 2. The Balaban J connectivity index is 1.56. The molecule has 33 heavy (non-hydrogen) atoms. The molecule has 10 nitrogen and oxygen atoms in total. The Bertz CT molecular complexity index is 1430. The maximum Gasteiger partial charge on any atom is 0.261 e. The molecule has 0 spiro atoms. The van der Waals surface area contributed by atoms with Crippen LogP contribution in [0.5, 0.6) is 0 Å². The fourth-order valence-corrected chi connectivity index (χ4v) is 5.84. The van der Waals surface area contributed by atoms with Gasteiger partial charge in [-0.15, -0.1) is 0 Å². The van der Waals surface area contributed by atoms with Crippen LogP contribution in [0, 0.1) is 6.92 Å². The van der Waals surface area contributed by atoms with Gasteiger partial charge in [0.25, 0.3) is 15.6 Å². The Hall–Kier alpha value is -3.06. The van der Waals surface area contributed by atoms with Crippen molar-refractivity contribution in [2.24, 2.45) is 0 Å². The SMILES string of the molecule is Cc1cc(=O)[nH]c(-c2cccc(NS(=O)(=O)c3ccc(S(=O)(=O)N4CCOCC4)cc3)c2)n1. The van der Waals surface area contributed by atoms with Crippen LogP contribution in [0.1, 0.15) is 5.69 Å². The van der Waals surface area contributed by atoms with E-state index in [2.05, 4.69) is 14.7 Å². The van der Waals surface area contributed by atoms with Crippen LogP contribution in [0.4, 0.5) is 5.69 Å². The van der Waals surface area contributed by atoms with Crippen LogP contribution < -0.4 is 10.3 Å². The van der Waals surface area contributed by atoms with E-state index in [9.17, 15) is 21.6 Å². The Kier molecular flexibility index (Phi) is 6.34. The molecule has 0 saturated carbocycles. The monoisotopic (exact) mass is 490 g/mol. The number of sulfonamides is 2. The highest BCUT2D eigenvalue weighted by molar-refractivity contribution is 7.92. The van der Waals surface area contributed by atoms with E-state index >= 15 is 0 Å². The van der Waals surface area contributed by atoms with E-state index in [1.807, 2.05) is 0 Å². The highest BCUT2D eigenvalue weighted by atomic mass is 32.2. The molecule has 0 amide bonds. The summed E-state index contributed by atoms with van der Waals surface area (Å²) < 4.78 is 60.2. The molecule has 1 saturated heterocycles. The number of benzene rings is 2. The molecule has 0 atom stereocenters. The van der Waals surface area contributed by atoms with E-state index in [1.54, 1.807) is 31.2 Å². The second-order valence-corrected chi connectivity index (χ2v) is 11.0. The third kappa shape index (κ3) is 5.14. The molecule has 2 aromatic carbocycles. The van der Waals surface area contributed by atoms with Crippen molar-refractivity contribution < 1.29 is 21.6 Å². The highest BCUT2D eigenvalue weighted by Crippen LogP contribution is 2.23. The van der Waals surface area contributed by atoms with Crippen molar-refractivity contribution in [2.75, 3.05) is 31.0 Å². The lowest BCUT2D eigenvalue weighted by atomic mass is 10.2. The van der Waals surface area contributed by atoms with Crippen molar-refractivity contribution in [3.05, 3.63) is 70.6 Å². The first-order chi connectivity index (χ1) is 15.6. The van der Waals surface area contributed by atoms with Gasteiger partial charge in [-0.05, 0) is 43.3 Å². The number of aromatic amines is 1. The smallest absolute Gasteiger partial charge is 0.261 e. The fraction of sp³-hybridized carbons (Fsp3) is 0.238. The lowest BCUT2D eigenvalue weighted by molar-refractivity contribution is 0.0730. The Labute approximate surface area is 191 Å². The van der Waals surface area contributed by atoms with E-state index in [-0.39, 0.29) is 34.1 Å². The minimum atomic E-state index is -3.99. The molecular formula is C21H22N4O6S2. The molecular weight excluding hydrogens is 468 g/mol. The number of rotatable bonds is 6. The fourth-order valence-electron chi connectivity index (χ4n) is 3.39. The van der Waals surface area contributed by atoms with E-state index in [0.717, 1.165) is 0 Å². The molecule has 2 N–H and O–H groups in total. The first-order valence-electron chi connectivity index (χ1n) is 10.0. The van der Waals surface area contributed by atoms with Crippen LogP contribution in [0.15, 0.2) is 69.2 Å². The molecule has 0 radical (unpaired) electrons. The van der Waals surface area contributed by atoms with Gasteiger partial charge in [0.1, 0.15) is 5.82 Å². The standard InChI is InChI=1S/C21H22N4O6S2/c1-15-13-20(26)23-21(22-15)16-3-2-4-17(14-16)24-32(27,28)18-5-7-19(8-6-18)33(29,30)25-9-11-31-12-10-25/h2-8,13-14,24H,9-12H2,1H3,(H,22,23,26). The quantitative estimate of drug-likeness (QED) is 0.535. The van der Waals surface area contributed by atoms with Gasteiger partial charge in [-0.3, -0.25) is 9.52 Å². The molecule has 174 valence electrons. The molecule has 1 aromatic heterocycles. The molecule has 3 aromatic rings. The van der Waals surface area contributed by atoms with Crippen molar-refractivity contribution in [2.45, 2.75) is 16.7 Å². The largest absolute Gasteiger partial charge is 0.379 e. The second-order valence-electron chi connectivity index (χ2n) is 7.41. The summed E-state index contributed by atoms with van der Waals surface area (Å²) in [6.07, 6.45) is 0. The third-order valence-electron chi connectivity index (χ3n) is 5.00. The number of ether oxygens (including phenoxy) is 1. The number of morpholine rings is 1. The van der Waals surface area contributed by atoms with Crippen LogP contribution in [-0.4, -0.2) is 57.4 Å². The maximum atomic E-state index is 12.9. The molecule has 0 bridgehead atoms.